The molecule has 0 atom stereocenters. The van der Waals surface area contributed by atoms with Gasteiger partial charge in [0.15, 0.2) is 5.01 Å². The number of aryl methyl sites for hydroxylation is 1. The summed E-state index contributed by atoms with van der Waals surface area (Å²) in [7, 11) is 0. The third-order valence-electron chi connectivity index (χ3n) is 4.60. The summed E-state index contributed by atoms with van der Waals surface area (Å²) >= 11 is 4.64. The molecule has 1 saturated carbocycles. The van der Waals surface area contributed by atoms with Crippen molar-refractivity contribution in [2.24, 2.45) is 5.92 Å². The zero-order chi connectivity index (χ0) is 16.8. The fraction of sp³-hybridized carbons (Fsp3) is 0.389. The van der Waals surface area contributed by atoms with E-state index in [0.29, 0.717) is 10.3 Å². The number of carbonyl (C=O) groups is 2. The van der Waals surface area contributed by atoms with Crippen LogP contribution in [0.5, 0.6) is 0 Å². The average molecular weight is 405 g/mol. The van der Waals surface area contributed by atoms with Gasteiger partial charge in [0.1, 0.15) is 0 Å². The number of hydrogen-bond donors (Lipinski definition) is 0. The second-order valence-corrected chi connectivity index (χ2v) is 8.10. The Bertz CT molecular complexity index is 842. The smallest absolute Gasteiger partial charge is 0.230 e. The van der Waals surface area contributed by atoms with E-state index in [1.54, 1.807) is 0 Å². The minimum atomic E-state index is 0.0108. The Morgan fingerprint density at radius 3 is 2.88 bits per heavy atom. The van der Waals surface area contributed by atoms with Gasteiger partial charge in [-0.3, -0.25) is 9.59 Å². The van der Waals surface area contributed by atoms with E-state index in [4.69, 9.17) is 0 Å². The summed E-state index contributed by atoms with van der Waals surface area (Å²) in [5.74, 6) is 0.530. The first-order chi connectivity index (χ1) is 11.6. The van der Waals surface area contributed by atoms with E-state index in [1.165, 1.54) is 16.9 Å². The Balaban J connectivity index is 1.66. The topological polar surface area (TPSA) is 50.3 Å². The molecule has 1 fully saturated rings. The number of fused-ring (bicyclic) bond motifs is 1. The zero-order valence-corrected chi connectivity index (χ0v) is 15.7. The van der Waals surface area contributed by atoms with Crippen LogP contribution < -0.4 is 4.90 Å². The van der Waals surface area contributed by atoms with Crippen molar-refractivity contribution in [2.75, 3.05) is 16.8 Å². The number of halogens is 1. The van der Waals surface area contributed by atoms with Gasteiger partial charge in [-0.05, 0) is 43.9 Å². The van der Waals surface area contributed by atoms with Crippen LogP contribution in [0.1, 0.15) is 33.1 Å². The van der Waals surface area contributed by atoms with E-state index in [-0.39, 0.29) is 17.6 Å². The molecule has 0 unspecified atom stereocenters. The number of ketones is 1. The molecule has 1 amide bonds. The number of amides is 1. The number of nitrogens with zero attached hydrogens (tertiary/aromatic N) is 2. The number of aromatic nitrogens is 1. The zero-order valence-electron chi connectivity index (χ0n) is 13.3. The van der Waals surface area contributed by atoms with Gasteiger partial charge >= 0.3 is 0 Å². The lowest BCUT2D eigenvalue weighted by molar-refractivity contribution is -0.119. The standard InChI is InChI=1S/C18H17BrN2O2S/c1-10-16(20-17(24-10)15(22)9-19)13-4-5-14-12(8-13)6-7-21(14)18(23)11-2-3-11/h4-5,8,11H,2-3,6-7,9H2,1H3. The first-order valence-corrected chi connectivity index (χ1v) is 10.0. The third kappa shape index (κ3) is 2.71. The van der Waals surface area contributed by atoms with E-state index in [1.807, 2.05) is 24.0 Å². The van der Waals surface area contributed by atoms with Crippen molar-refractivity contribution < 1.29 is 9.59 Å². The molecule has 2 heterocycles. The summed E-state index contributed by atoms with van der Waals surface area (Å²) in [6, 6.07) is 6.17. The predicted molar refractivity (Wildman–Crippen MR) is 99.2 cm³/mol. The minimum absolute atomic E-state index is 0.0108. The molecule has 2 aromatic rings. The van der Waals surface area contributed by atoms with Gasteiger partial charge in [-0.25, -0.2) is 4.98 Å². The van der Waals surface area contributed by atoms with Crippen molar-refractivity contribution in [1.29, 1.82) is 0 Å². The molecular formula is C18H17BrN2O2S. The molecule has 4 rings (SSSR count). The van der Waals surface area contributed by atoms with Crippen molar-refractivity contribution in [1.82, 2.24) is 4.98 Å². The predicted octanol–water partition coefficient (Wildman–Crippen LogP) is 4.00. The summed E-state index contributed by atoms with van der Waals surface area (Å²) in [6.45, 7) is 2.77. The van der Waals surface area contributed by atoms with Gasteiger partial charge < -0.3 is 4.90 Å². The SMILES string of the molecule is Cc1sc(C(=O)CBr)nc1-c1ccc2c(c1)CCN2C(=O)C1CC1. The number of hydrogen-bond acceptors (Lipinski definition) is 4. The van der Waals surface area contributed by atoms with Gasteiger partial charge in [0.2, 0.25) is 11.7 Å². The summed E-state index contributed by atoms with van der Waals surface area (Å²) in [5, 5.41) is 0.840. The van der Waals surface area contributed by atoms with Crippen LogP contribution in [0, 0.1) is 12.8 Å². The lowest BCUT2D eigenvalue weighted by Gasteiger charge is -2.17. The number of thiazole rings is 1. The van der Waals surface area contributed by atoms with Crippen molar-refractivity contribution in [3.05, 3.63) is 33.6 Å². The highest BCUT2D eigenvalue weighted by atomic mass is 79.9. The van der Waals surface area contributed by atoms with Gasteiger partial charge in [0, 0.05) is 28.6 Å². The van der Waals surface area contributed by atoms with Crippen LogP contribution in [0.15, 0.2) is 18.2 Å². The number of Topliss-reactive ketones (excluding diaryl/α,β-unsaturated/α-hetero) is 1. The van der Waals surface area contributed by atoms with E-state index in [9.17, 15) is 9.59 Å². The van der Waals surface area contributed by atoms with E-state index in [0.717, 1.165) is 47.6 Å². The Labute approximate surface area is 153 Å². The van der Waals surface area contributed by atoms with Crippen molar-refractivity contribution in [3.63, 3.8) is 0 Å². The Hall–Kier alpha value is -1.53. The molecule has 0 bridgehead atoms. The van der Waals surface area contributed by atoms with Gasteiger partial charge in [-0.1, -0.05) is 22.0 Å². The van der Waals surface area contributed by atoms with E-state index in [2.05, 4.69) is 27.0 Å². The highest BCUT2D eigenvalue weighted by molar-refractivity contribution is 9.09. The third-order valence-corrected chi connectivity index (χ3v) is 6.12. The Kier molecular flexibility index (Phi) is 4.04. The quantitative estimate of drug-likeness (QED) is 0.571. The van der Waals surface area contributed by atoms with Crippen LogP contribution in [-0.2, 0) is 11.2 Å². The fourth-order valence-corrected chi connectivity index (χ4v) is 4.49. The molecule has 24 heavy (non-hydrogen) atoms. The second kappa shape index (κ2) is 6.08. The fourth-order valence-electron chi connectivity index (χ4n) is 3.17. The monoisotopic (exact) mass is 404 g/mol. The summed E-state index contributed by atoms with van der Waals surface area (Å²) < 4.78 is 0. The van der Waals surface area contributed by atoms with Crippen LogP contribution in [0.25, 0.3) is 11.3 Å². The molecule has 1 aliphatic carbocycles. The Morgan fingerprint density at radius 2 is 2.17 bits per heavy atom. The molecule has 0 radical (unpaired) electrons. The van der Waals surface area contributed by atoms with Crippen LogP contribution in [0.2, 0.25) is 0 Å². The molecular weight excluding hydrogens is 388 g/mol. The average Bonchev–Trinajstić information content (AvgIpc) is 3.25. The Morgan fingerprint density at radius 1 is 1.38 bits per heavy atom. The highest BCUT2D eigenvalue weighted by Gasteiger charge is 2.36. The van der Waals surface area contributed by atoms with Crippen molar-refractivity contribution in [3.8, 4) is 11.3 Å². The minimum Gasteiger partial charge on any atom is -0.312 e. The number of anilines is 1. The van der Waals surface area contributed by atoms with Gasteiger partial charge in [-0.2, -0.15) is 0 Å². The summed E-state index contributed by atoms with van der Waals surface area (Å²) in [5.41, 5.74) is 4.14. The van der Waals surface area contributed by atoms with Gasteiger partial charge in [0.05, 0.1) is 11.0 Å². The van der Waals surface area contributed by atoms with Crippen LogP contribution >= 0.6 is 27.3 Å². The van der Waals surface area contributed by atoms with Crippen LogP contribution in [0.3, 0.4) is 0 Å². The molecule has 1 aromatic carbocycles. The molecule has 124 valence electrons. The van der Waals surface area contributed by atoms with E-state index >= 15 is 0 Å². The lowest BCUT2D eigenvalue weighted by Crippen LogP contribution is -2.30. The molecule has 1 aromatic heterocycles. The van der Waals surface area contributed by atoms with Crippen LogP contribution in [-0.4, -0.2) is 28.5 Å². The maximum Gasteiger partial charge on any atom is 0.230 e. The largest absolute Gasteiger partial charge is 0.312 e. The maximum absolute atomic E-state index is 12.4. The molecule has 2 aliphatic rings. The number of alkyl halides is 1. The first-order valence-electron chi connectivity index (χ1n) is 8.09. The lowest BCUT2D eigenvalue weighted by atomic mass is 10.1. The van der Waals surface area contributed by atoms with Gasteiger partial charge in [-0.15, -0.1) is 11.3 Å². The normalized spacial score (nSPS) is 16.3. The van der Waals surface area contributed by atoms with Crippen LogP contribution in [0.4, 0.5) is 5.69 Å². The molecule has 4 nitrogen and oxygen atoms in total. The number of rotatable bonds is 4. The van der Waals surface area contributed by atoms with Gasteiger partial charge in [0.25, 0.3) is 0 Å². The van der Waals surface area contributed by atoms with E-state index < -0.39 is 0 Å². The maximum atomic E-state index is 12.4. The molecule has 6 heteroatoms. The number of carbonyl (C=O) groups excluding carboxylic acids is 2. The van der Waals surface area contributed by atoms with Crippen molar-refractivity contribution in [2.45, 2.75) is 26.2 Å². The molecule has 1 aliphatic heterocycles. The summed E-state index contributed by atoms with van der Waals surface area (Å²) in [6.07, 6.45) is 2.95. The number of benzene rings is 1. The summed E-state index contributed by atoms with van der Waals surface area (Å²) in [4.78, 5) is 31.7. The molecule has 0 spiro atoms. The second-order valence-electron chi connectivity index (χ2n) is 6.34. The molecule has 0 N–H and O–H groups in total. The highest BCUT2D eigenvalue weighted by Crippen LogP contribution is 2.38. The molecule has 0 saturated heterocycles. The first kappa shape index (κ1) is 16.0. The van der Waals surface area contributed by atoms with Crippen molar-refractivity contribution >= 4 is 44.6 Å².